The van der Waals surface area contributed by atoms with E-state index in [1.807, 2.05) is 0 Å². The fourth-order valence-electron chi connectivity index (χ4n) is 2.71. The van der Waals surface area contributed by atoms with Crippen LogP contribution in [0, 0.1) is 25.6 Å². The zero-order valence-electron chi connectivity index (χ0n) is 11.9. The molecule has 1 aliphatic rings. The van der Waals surface area contributed by atoms with E-state index in [4.69, 9.17) is 0 Å². The minimum atomic E-state index is -3.57. The van der Waals surface area contributed by atoms with Crippen molar-refractivity contribution in [3.63, 3.8) is 0 Å². The van der Waals surface area contributed by atoms with E-state index in [1.165, 1.54) is 12.1 Å². The lowest BCUT2D eigenvalue weighted by molar-refractivity contribution is 0.372. The average Bonchev–Trinajstić information content (AvgIpc) is 2.36. The minimum Gasteiger partial charge on any atom is -0.317 e. The first kappa shape index (κ1) is 15.4. The maximum Gasteiger partial charge on any atom is 0.241 e. The highest BCUT2D eigenvalue weighted by Crippen LogP contribution is 2.21. The smallest absolute Gasteiger partial charge is 0.241 e. The van der Waals surface area contributed by atoms with E-state index in [9.17, 15) is 12.8 Å². The van der Waals surface area contributed by atoms with Gasteiger partial charge in [0.25, 0.3) is 0 Å². The van der Waals surface area contributed by atoms with E-state index in [1.54, 1.807) is 13.8 Å². The molecule has 0 aromatic heterocycles. The number of sulfonamides is 1. The van der Waals surface area contributed by atoms with Crippen molar-refractivity contribution in [2.24, 2.45) is 5.92 Å². The van der Waals surface area contributed by atoms with Crippen molar-refractivity contribution in [2.45, 2.75) is 31.6 Å². The van der Waals surface area contributed by atoms with Gasteiger partial charge in [0.15, 0.2) is 0 Å². The molecule has 0 radical (unpaired) electrons. The molecule has 0 amide bonds. The average molecular weight is 300 g/mol. The van der Waals surface area contributed by atoms with Gasteiger partial charge in [0.2, 0.25) is 10.0 Å². The molecule has 1 aromatic rings. The molecule has 2 N–H and O–H groups in total. The summed E-state index contributed by atoms with van der Waals surface area (Å²) < 4.78 is 40.7. The molecule has 112 valence electrons. The van der Waals surface area contributed by atoms with E-state index >= 15 is 0 Å². The second-order valence-electron chi connectivity index (χ2n) is 5.41. The molecular formula is C14H21FN2O2S. The second-order valence-corrected chi connectivity index (χ2v) is 7.12. The Morgan fingerprint density at radius 3 is 2.35 bits per heavy atom. The van der Waals surface area contributed by atoms with E-state index in [-0.39, 0.29) is 4.90 Å². The fourth-order valence-corrected chi connectivity index (χ4v) is 4.27. The van der Waals surface area contributed by atoms with E-state index in [0.717, 1.165) is 25.9 Å². The highest BCUT2D eigenvalue weighted by molar-refractivity contribution is 7.89. The van der Waals surface area contributed by atoms with Gasteiger partial charge in [-0.05, 0) is 69.0 Å². The Balaban J connectivity index is 2.14. The van der Waals surface area contributed by atoms with Crippen molar-refractivity contribution >= 4 is 10.0 Å². The highest BCUT2D eigenvalue weighted by atomic mass is 32.2. The van der Waals surface area contributed by atoms with Crippen LogP contribution in [0.15, 0.2) is 17.0 Å². The van der Waals surface area contributed by atoms with Crippen LogP contribution in [0.5, 0.6) is 0 Å². The van der Waals surface area contributed by atoms with Crippen LogP contribution in [0.2, 0.25) is 0 Å². The quantitative estimate of drug-likeness (QED) is 0.890. The molecule has 2 rings (SSSR count). The molecule has 0 atom stereocenters. The van der Waals surface area contributed by atoms with Gasteiger partial charge in [-0.25, -0.2) is 17.5 Å². The number of rotatable bonds is 4. The number of aryl methyl sites for hydroxylation is 2. The molecule has 1 aliphatic heterocycles. The Labute approximate surface area is 119 Å². The van der Waals surface area contributed by atoms with Crippen LogP contribution in [0.1, 0.15) is 24.0 Å². The van der Waals surface area contributed by atoms with Crippen LogP contribution in [-0.4, -0.2) is 28.1 Å². The number of piperidine rings is 1. The Bertz CT molecular complexity index is 558. The Kier molecular flexibility index (Phi) is 4.78. The Hall–Kier alpha value is -0.980. The molecule has 1 fully saturated rings. The minimum absolute atomic E-state index is 0.202. The fraction of sp³-hybridized carbons (Fsp3) is 0.571. The molecule has 4 nitrogen and oxygen atoms in total. The van der Waals surface area contributed by atoms with Gasteiger partial charge in [0.1, 0.15) is 5.82 Å². The summed E-state index contributed by atoms with van der Waals surface area (Å²) in [6.45, 7) is 5.55. The summed E-state index contributed by atoms with van der Waals surface area (Å²) in [5.41, 5.74) is 0.889. The van der Waals surface area contributed by atoms with Gasteiger partial charge in [0, 0.05) is 6.54 Å². The van der Waals surface area contributed by atoms with Crippen LogP contribution in [0.25, 0.3) is 0 Å². The van der Waals surface area contributed by atoms with Crippen molar-refractivity contribution in [1.82, 2.24) is 10.0 Å². The molecule has 0 bridgehead atoms. The maximum atomic E-state index is 13.3. The predicted octanol–water partition coefficient (Wildman–Crippen LogP) is 1.72. The molecule has 0 spiro atoms. The number of benzene rings is 1. The molecule has 20 heavy (non-hydrogen) atoms. The second kappa shape index (κ2) is 6.20. The third-order valence-corrected chi connectivity index (χ3v) is 5.44. The standard InChI is InChI=1S/C14H21FN2O2S/c1-10-7-13(15)8-11(2)14(10)20(18,19)17-9-12-3-5-16-6-4-12/h7-8,12,16-17H,3-6,9H2,1-2H3. The van der Waals surface area contributed by atoms with Gasteiger partial charge in [-0.3, -0.25) is 0 Å². The van der Waals surface area contributed by atoms with Crippen LogP contribution in [-0.2, 0) is 10.0 Å². The number of hydrogen-bond acceptors (Lipinski definition) is 3. The first-order valence-electron chi connectivity index (χ1n) is 6.87. The molecule has 6 heteroatoms. The zero-order chi connectivity index (χ0) is 14.8. The van der Waals surface area contributed by atoms with Gasteiger partial charge < -0.3 is 5.32 Å². The first-order chi connectivity index (χ1) is 9.40. The van der Waals surface area contributed by atoms with E-state index in [0.29, 0.717) is 23.6 Å². The van der Waals surface area contributed by atoms with Gasteiger partial charge in [-0.15, -0.1) is 0 Å². The first-order valence-corrected chi connectivity index (χ1v) is 8.35. The lowest BCUT2D eigenvalue weighted by Gasteiger charge is -2.23. The van der Waals surface area contributed by atoms with Gasteiger partial charge >= 0.3 is 0 Å². The number of nitrogens with one attached hydrogen (secondary N) is 2. The molecular weight excluding hydrogens is 279 g/mol. The molecule has 0 saturated carbocycles. The van der Waals surface area contributed by atoms with E-state index < -0.39 is 15.8 Å². The monoisotopic (exact) mass is 300 g/mol. The summed E-state index contributed by atoms with van der Waals surface area (Å²) in [6, 6.07) is 2.51. The lowest BCUT2D eigenvalue weighted by Crippen LogP contribution is -2.36. The number of halogens is 1. The van der Waals surface area contributed by atoms with Gasteiger partial charge in [0.05, 0.1) is 4.90 Å². The summed E-state index contributed by atoms with van der Waals surface area (Å²) >= 11 is 0. The SMILES string of the molecule is Cc1cc(F)cc(C)c1S(=O)(=O)NCC1CCNCC1. The van der Waals surface area contributed by atoms with Gasteiger partial charge in [-0.1, -0.05) is 0 Å². The molecule has 0 aliphatic carbocycles. The van der Waals surface area contributed by atoms with Crippen molar-refractivity contribution in [3.8, 4) is 0 Å². The molecule has 1 saturated heterocycles. The van der Waals surface area contributed by atoms with Crippen molar-refractivity contribution in [2.75, 3.05) is 19.6 Å². The molecule has 1 aromatic carbocycles. The normalized spacial score (nSPS) is 17.4. The summed E-state index contributed by atoms with van der Waals surface area (Å²) in [5, 5.41) is 3.25. The summed E-state index contributed by atoms with van der Waals surface area (Å²) in [6.07, 6.45) is 1.95. The van der Waals surface area contributed by atoms with Crippen LogP contribution >= 0.6 is 0 Å². The van der Waals surface area contributed by atoms with E-state index in [2.05, 4.69) is 10.0 Å². The van der Waals surface area contributed by atoms with Gasteiger partial charge in [-0.2, -0.15) is 0 Å². The summed E-state index contributed by atoms with van der Waals surface area (Å²) in [7, 11) is -3.57. The van der Waals surface area contributed by atoms with Crippen LogP contribution in [0.4, 0.5) is 4.39 Å². The maximum absolute atomic E-state index is 13.3. The molecule has 0 unspecified atom stereocenters. The highest BCUT2D eigenvalue weighted by Gasteiger charge is 2.22. The number of hydrogen-bond donors (Lipinski definition) is 2. The topological polar surface area (TPSA) is 58.2 Å². The van der Waals surface area contributed by atoms with Crippen molar-refractivity contribution in [3.05, 3.63) is 29.1 Å². The summed E-state index contributed by atoms with van der Waals surface area (Å²) in [4.78, 5) is 0.202. The lowest BCUT2D eigenvalue weighted by atomic mass is 9.99. The third kappa shape index (κ3) is 3.56. The predicted molar refractivity (Wildman–Crippen MR) is 76.7 cm³/mol. The largest absolute Gasteiger partial charge is 0.317 e. The Morgan fingerprint density at radius 2 is 1.80 bits per heavy atom. The molecule has 1 heterocycles. The van der Waals surface area contributed by atoms with Crippen LogP contribution in [0.3, 0.4) is 0 Å². The van der Waals surface area contributed by atoms with Crippen molar-refractivity contribution < 1.29 is 12.8 Å². The van der Waals surface area contributed by atoms with Crippen molar-refractivity contribution in [1.29, 1.82) is 0 Å². The zero-order valence-corrected chi connectivity index (χ0v) is 12.7. The van der Waals surface area contributed by atoms with Crippen LogP contribution < -0.4 is 10.0 Å². The summed E-state index contributed by atoms with van der Waals surface area (Å²) in [5.74, 6) is -0.0376. The Morgan fingerprint density at radius 1 is 1.25 bits per heavy atom. The third-order valence-electron chi connectivity index (χ3n) is 3.71.